The van der Waals surface area contributed by atoms with Gasteiger partial charge in [0.2, 0.25) is 5.91 Å². The van der Waals surface area contributed by atoms with Crippen molar-refractivity contribution in [2.45, 2.75) is 37.5 Å². The number of halogens is 4. The molecule has 0 unspecified atom stereocenters. The fourth-order valence-electron chi connectivity index (χ4n) is 3.58. The molecule has 5 nitrogen and oxygen atoms in total. The third-order valence-corrected chi connectivity index (χ3v) is 4.97. The third-order valence-electron chi connectivity index (χ3n) is 4.97. The molecule has 0 bridgehead atoms. The number of hydrogen-bond donors (Lipinski definition) is 1. The predicted octanol–water partition coefficient (Wildman–Crippen LogP) is 2.41. The first kappa shape index (κ1) is 21.3. The normalized spacial score (nSPS) is 23.0. The van der Waals surface area contributed by atoms with Crippen molar-refractivity contribution < 1.29 is 18.0 Å². The maximum atomic E-state index is 13.4. The lowest BCUT2D eigenvalue weighted by atomic mass is 10.0. The summed E-state index contributed by atoms with van der Waals surface area (Å²) in [5.41, 5.74) is 0.514. The van der Waals surface area contributed by atoms with Gasteiger partial charge < -0.3 is 15.1 Å². The molecule has 148 valence electrons. The number of alkyl halides is 1. The zero-order valence-corrected chi connectivity index (χ0v) is 15.5. The fourth-order valence-corrected chi connectivity index (χ4v) is 3.58. The van der Waals surface area contributed by atoms with E-state index in [1.807, 2.05) is 11.0 Å². The summed E-state index contributed by atoms with van der Waals surface area (Å²) in [5.74, 6) is -1.48. The van der Waals surface area contributed by atoms with Crippen LogP contribution in [-0.4, -0.2) is 55.2 Å². The molecule has 0 saturated carbocycles. The van der Waals surface area contributed by atoms with Crippen molar-refractivity contribution in [1.29, 1.82) is 5.26 Å². The van der Waals surface area contributed by atoms with Gasteiger partial charge in [0.25, 0.3) is 0 Å². The molecule has 1 amide bonds. The van der Waals surface area contributed by atoms with Gasteiger partial charge in [-0.25, -0.2) is 13.2 Å². The van der Waals surface area contributed by atoms with Crippen molar-refractivity contribution in [3.63, 3.8) is 0 Å². The van der Waals surface area contributed by atoms with Crippen LogP contribution in [0.5, 0.6) is 0 Å². The van der Waals surface area contributed by atoms with Gasteiger partial charge >= 0.3 is 0 Å². The van der Waals surface area contributed by atoms with Crippen molar-refractivity contribution >= 4 is 24.0 Å². The van der Waals surface area contributed by atoms with E-state index in [9.17, 15) is 18.0 Å². The lowest BCUT2D eigenvalue weighted by Crippen LogP contribution is -2.47. The van der Waals surface area contributed by atoms with Crippen LogP contribution < -0.4 is 10.2 Å². The second kappa shape index (κ2) is 9.29. The second-order valence-corrected chi connectivity index (χ2v) is 6.79. The van der Waals surface area contributed by atoms with E-state index in [4.69, 9.17) is 5.26 Å². The van der Waals surface area contributed by atoms with Gasteiger partial charge in [0, 0.05) is 37.3 Å². The molecule has 9 heteroatoms. The fraction of sp³-hybridized carbons (Fsp3) is 0.556. The van der Waals surface area contributed by atoms with E-state index in [2.05, 4.69) is 5.32 Å². The summed E-state index contributed by atoms with van der Waals surface area (Å²) in [4.78, 5) is 15.4. The number of nitrogens with one attached hydrogen (secondary N) is 1. The third kappa shape index (κ3) is 5.27. The van der Waals surface area contributed by atoms with E-state index in [-0.39, 0.29) is 43.9 Å². The van der Waals surface area contributed by atoms with Gasteiger partial charge in [0.15, 0.2) is 0 Å². The van der Waals surface area contributed by atoms with Gasteiger partial charge in [-0.3, -0.25) is 4.79 Å². The Labute approximate surface area is 162 Å². The minimum absolute atomic E-state index is 0. The molecular formula is C18H22ClF3N4O. The summed E-state index contributed by atoms with van der Waals surface area (Å²) in [6.45, 7) is 1.27. The standard InChI is InChI=1S/C18H21F3N4O.ClH/c19-12-5-13(20)7-16(6-12)24-3-1-15(2-4-24)23-10-18(26)25-11-14(21)8-17(25)9-22;/h5-7,14-15,17,23H,1-4,8,10-11H2;1H/t14-,17-;/m0./s1. The maximum Gasteiger partial charge on any atom is 0.237 e. The van der Waals surface area contributed by atoms with Crippen LogP contribution in [0.2, 0.25) is 0 Å². The van der Waals surface area contributed by atoms with E-state index >= 15 is 0 Å². The quantitative estimate of drug-likeness (QED) is 0.840. The van der Waals surface area contributed by atoms with Crippen molar-refractivity contribution in [3.05, 3.63) is 29.8 Å². The number of nitrogens with zero attached hydrogens (tertiary/aromatic N) is 3. The number of nitriles is 1. The van der Waals surface area contributed by atoms with Crippen LogP contribution in [0.3, 0.4) is 0 Å². The molecule has 1 aromatic rings. The van der Waals surface area contributed by atoms with Gasteiger partial charge in [0.05, 0.1) is 19.2 Å². The first-order valence-corrected chi connectivity index (χ1v) is 8.74. The van der Waals surface area contributed by atoms with E-state index in [1.54, 1.807) is 0 Å². The van der Waals surface area contributed by atoms with E-state index in [1.165, 1.54) is 17.0 Å². The predicted molar refractivity (Wildman–Crippen MR) is 97.5 cm³/mol. The number of carbonyl (C=O) groups is 1. The molecule has 1 aromatic carbocycles. The minimum Gasteiger partial charge on any atom is -0.371 e. The number of amides is 1. The van der Waals surface area contributed by atoms with E-state index in [0.29, 0.717) is 18.8 Å². The summed E-state index contributed by atoms with van der Waals surface area (Å²) in [7, 11) is 0. The molecule has 2 fully saturated rings. The Morgan fingerprint density at radius 1 is 1.22 bits per heavy atom. The number of piperidine rings is 1. The van der Waals surface area contributed by atoms with Gasteiger partial charge in [-0.05, 0) is 25.0 Å². The lowest BCUT2D eigenvalue weighted by molar-refractivity contribution is -0.130. The number of anilines is 1. The Morgan fingerprint density at radius 3 is 2.44 bits per heavy atom. The highest BCUT2D eigenvalue weighted by Crippen LogP contribution is 2.23. The lowest BCUT2D eigenvalue weighted by Gasteiger charge is -2.34. The summed E-state index contributed by atoms with van der Waals surface area (Å²) >= 11 is 0. The monoisotopic (exact) mass is 402 g/mol. The van der Waals surface area contributed by atoms with Crippen LogP contribution in [0.4, 0.5) is 18.9 Å². The van der Waals surface area contributed by atoms with Crippen molar-refractivity contribution in [2.24, 2.45) is 0 Å². The summed E-state index contributed by atoms with van der Waals surface area (Å²) in [5, 5.41) is 12.2. The smallest absolute Gasteiger partial charge is 0.237 e. The Hall–Kier alpha value is -1.98. The molecule has 0 radical (unpaired) electrons. The average Bonchev–Trinajstić information content (AvgIpc) is 3.00. The average molecular weight is 403 g/mol. The number of benzene rings is 1. The van der Waals surface area contributed by atoms with Crippen molar-refractivity contribution in [2.75, 3.05) is 31.1 Å². The van der Waals surface area contributed by atoms with Crippen LogP contribution >= 0.6 is 12.4 Å². The second-order valence-electron chi connectivity index (χ2n) is 6.79. The van der Waals surface area contributed by atoms with Gasteiger partial charge in [-0.1, -0.05) is 0 Å². The maximum absolute atomic E-state index is 13.4. The first-order valence-electron chi connectivity index (χ1n) is 8.74. The van der Waals surface area contributed by atoms with Gasteiger partial charge in [-0.15, -0.1) is 12.4 Å². The molecule has 3 rings (SSSR count). The molecule has 2 saturated heterocycles. The first-order chi connectivity index (χ1) is 12.5. The Morgan fingerprint density at radius 2 is 1.85 bits per heavy atom. The van der Waals surface area contributed by atoms with Gasteiger partial charge in [-0.2, -0.15) is 5.26 Å². The topological polar surface area (TPSA) is 59.4 Å². The van der Waals surface area contributed by atoms with Crippen LogP contribution in [0.25, 0.3) is 0 Å². The van der Waals surface area contributed by atoms with Crippen molar-refractivity contribution in [3.8, 4) is 6.07 Å². The Balaban J connectivity index is 0.00000261. The molecule has 2 atom stereocenters. The molecule has 1 N–H and O–H groups in total. The molecule has 2 aliphatic heterocycles. The summed E-state index contributed by atoms with van der Waals surface area (Å²) < 4.78 is 40.1. The number of carbonyl (C=O) groups excluding carboxylic acids is 1. The highest BCUT2D eigenvalue weighted by atomic mass is 35.5. The van der Waals surface area contributed by atoms with Crippen LogP contribution in [0, 0.1) is 23.0 Å². The highest BCUT2D eigenvalue weighted by molar-refractivity contribution is 5.85. The molecule has 0 aliphatic carbocycles. The molecular weight excluding hydrogens is 381 g/mol. The number of hydrogen-bond acceptors (Lipinski definition) is 4. The van der Waals surface area contributed by atoms with Gasteiger partial charge in [0.1, 0.15) is 23.8 Å². The zero-order chi connectivity index (χ0) is 18.7. The molecule has 2 aliphatic rings. The number of rotatable bonds is 4. The van der Waals surface area contributed by atoms with E-state index in [0.717, 1.165) is 18.9 Å². The zero-order valence-electron chi connectivity index (χ0n) is 14.7. The van der Waals surface area contributed by atoms with Crippen LogP contribution in [0.1, 0.15) is 19.3 Å². The summed E-state index contributed by atoms with van der Waals surface area (Å²) in [6, 6.07) is 4.83. The number of likely N-dealkylation sites (tertiary alicyclic amines) is 1. The molecule has 27 heavy (non-hydrogen) atoms. The Kier molecular flexibility index (Phi) is 7.33. The molecule has 0 aromatic heterocycles. The van der Waals surface area contributed by atoms with Crippen LogP contribution in [0.15, 0.2) is 18.2 Å². The van der Waals surface area contributed by atoms with E-state index < -0.39 is 23.8 Å². The largest absolute Gasteiger partial charge is 0.371 e. The molecule has 2 heterocycles. The van der Waals surface area contributed by atoms with Crippen molar-refractivity contribution in [1.82, 2.24) is 10.2 Å². The SMILES string of the molecule is Cl.N#C[C@@H]1C[C@H](F)CN1C(=O)CNC1CCN(c2cc(F)cc(F)c2)CC1. The summed E-state index contributed by atoms with van der Waals surface area (Å²) in [6.07, 6.45) is 0.376. The van der Waals surface area contributed by atoms with Crippen LogP contribution in [-0.2, 0) is 4.79 Å². The minimum atomic E-state index is -1.14. The highest BCUT2D eigenvalue weighted by Gasteiger charge is 2.35. The Bertz CT molecular complexity index is 686. The molecule has 0 spiro atoms.